The molecule has 0 aliphatic carbocycles. The van der Waals surface area contributed by atoms with Crippen LogP contribution in [-0.2, 0) is 19.6 Å². The van der Waals surface area contributed by atoms with Gasteiger partial charge in [0.05, 0.1) is 15.5 Å². The molecule has 1 amide bonds. The van der Waals surface area contributed by atoms with E-state index in [1.54, 1.807) is 0 Å². The van der Waals surface area contributed by atoms with E-state index < -0.39 is 28.5 Å². The molecule has 0 aliphatic rings. The van der Waals surface area contributed by atoms with Crippen LogP contribution in [0.25, 0.3) is 0 Å². The van der Waals surface area contributed by atoms with E-state index in [-0.39, 0.29) is 21.4 Å². The number of esters is 1. The number of aryl methyl sites for hydroxylation is 1. The highest BCUT2D eigenvalue weighted by Crippen LogP contribution is 2.27. The lowest BCUT2D eigenvalue weighted by Gasteiger charge is -2.16. The van der Waals surface area contributed by atoms with Gasteiger partial charge < -0.3 is 10.1 Å². The predicted octanol–water partition coefficient (Wildman–Crippen LogP) is 3.82. The molecule has 2 aromatic rings. The van der Waals surface area contributed by atoms with Gasteiger partial charge in [0.2, 0.25) is 10.0 Å². The van der Waals surface area contributed by atoms with Crippen LogP contribution in [0, 0.1) is 6.92 Å². The number of nitrogens with one attached hydrogen (secondary N) is 1. The van der Waals surface area contributed by atoms with Crippen LogP contribution in [0.3, 0.4) is 0 Å². The van der Waals surface area contributed by atoms with E-state index in [1.807, 2.05) is 39.0 Å². The van der Waals surface area contributed by atoms with Crippen LogP contribution in [0.5, 0.6) is 0 Å². The van der Waals surface area contributed by atoms with Gasteiger partial charge in [0.25, 0.3) is 5.91 Å². The molecule has 0 atom stereocenters. The Balaban J connectivity index is 2.14. The third-order valence-corrected chi connectivity index (χ3v) is 6.60. The third kappa shape index (κ3) is 5.38. The molecule has 0 bridgehead atoms. The van der Waals surface area contributed by atoms with Crippen molar-refractivity contribution >= 4 is 39.2 Å². The molecule has 2 rings (SSSR count). The summed E-state index contributed by atoms with van der Waals surface area (Å²) in [7, 11) is -0.995. The number of benzene rings is 2. The van der Waals surface area contributed by atoms with Crippen molar-refractivity contribution < 1.29 is 22.7 Å². The SMILES string of the molecule is Cc1cccc(C(C)C)c1NC(=O)COC(=O)c1cc(S(=O)(=O)N(C)C)ccc1Cl. The van der Waals surface area contributed by atoms with Gasteiger partial charge in [-0.25, -0.2) is 17.5 Å². The largest absolute Gasteiger partial charge is 0.452 e. The quantitative estimate of drug-likeness (QED) is 0.644. The standard InChI is InChI=1S/C21H25ClN2O5S/c1-13(2)16-8-6-7-14(3)20(16)23-19(25)12-29-21(26)17-11-15(9-10-18(17)22)30(27,28)24(4)5/h6-11,13H,12H2,1-5H3,(H,23,25). The van der Waals surface area contributed by atoms with E-state index in [4.69, 9.17) is 16.3 Å². The normalized spacial score (nSPS) is 11.6. The molecule has 0 aliphatic heterocycles. The molecule has 162 valence electrons. The first-order valence-electron chi connectivity index (χ1n) is 9.23. The number of ether oxygens (including phenoxy) is 1. The molecule has 0 heterocycles. The fourth-order valence-corrected chi connectivity index (χ4v) is 3.88. The maximum atomic E-state index is 12.4. The first-order valence-corrected chi connectivity index (χ1v) is 11.1. The summed E-state index contributed by atoms with van der Waals surface area (Å²) in [6.07, 6.45) is 0. The van der Waals surface area contributed by atoms with Gasteiger partial charge in [-0.1, -0.05) is 43.6 Å². The molecule has 30 heavy (non-hydrogen) atoms. The Bertz CT molecular complexity index is 1070. The number of amides is 1. The third-order valence-electron chi connectivity index (χ3n) is 4.46. The Morgan fingerprint density at radius 2 is 1.83 bits per heavy atom. The molecule has 2 aromatic carbocycles. The number of carbonyl (C=O) groups is 2. The summed E-state index contributed by atoms with van der Waals surface area (Å²) in [6.45, 7) is 5.37. The number of hydrogen-bond donors (Lipinski definition) is 1. The fraction of sp³-hybridized carbons (Fsp3) is 0.333. The number of carbonyl (C=O) groups excluding carboxylic acids is 2. The molecule has 1 N–H and O–H groups in total. The molecule has 7 nitrogen and oxygen atoms in total. The minimum Gasteiger partial charge on any atom is -0.452 e. The summed E-state index contributed by atoms with van der Waals surface area (Å²) in [6, 6.07) is 9.45. The molecule has 0 fully saturated rings. The summed E-state index contributed by atoms with van der Waals surface area (Å²) >= 11 is 6.03. The monoisotopic (exact) mass is 452 g/mol. The van der Waals surface area contributed by atoms with Crippen LogP contribution < -0.4 is 5.32 Å². The Morgan fingerprint density at radius 1 is 1.17 bits per heavy atom. The molecular weight excluding hydrogens is 428 g/mol. The zero-order chi connectivity index (χ0) is 22.6. The zero-order valence-electron chi connectivity index (χ0n) is 17.5. The van der Waals surface area contributed by atoms with Crippen molar-refractivity contribution in [3.8, 4) is 0 Å². The molecule has 0 spiro atoms. The predicted molar refractivity (Wildman–Crippen MR) is 117 cm³/mol. The molecule has 0 aromatic heterocycles. The molecule has 9 heteroatoms. The first-order chi connectivity index (χ1) is 13.9. The maximum absolute atomic E-state index is 12.4. The van der Waals surface area contributed by atoms with Crippen LogP contribution in [0.1, 0.15) is 41.3 Å². The van der Waals surface area contributed by atoms with Crippen molar-refractivity contribution in [1.29, 1.82) is 0 Å². The number of para-hydroxylation sites is 1. The fourth-order valence-electron chi connectivity index (χ4n) is 2.76. The summed E-state index contributed by atoms with van der Waals surface area (Å²) in [5, 5.41) is 2.81. The van der Waals surface area contributed by atoms with Crippen molar-refractivity contribution in [2.24, 2.45) is 0 Å². The number of nitrogens with zero attached hydrogens (tertiary/aromatic N) is 1. The van der Waals surface area contributed by atoms with Gasteiger partial charge in [-0.3, -0.25) is 4.79 Å². The number of sulfonamides is 1. The lowest BCUT2D eigenvalue weighted by molar-refractivity contribution is -0.119. The average molecular weight is 453 g/mol. The van der Waals surface area contributed by atoms with Crippen LogP contribution in [0.15, 0.2) is 41.3 Å². The lowest BCUT2D eigenvalue weighted by atomic mass is 9.98. The molecule has 0 saturated heterocycles. The van der Waals surface area contributed by atoms with Crippen LogP contribution in [0.2, 0.25) is 5.02 Å². The molecule has 0 radical (unpaired) electrons. The Hall–Kier alpha value is -2.42. The van der Waals surface area contributed by atoms with Crippen molar-refractivity contribution in [1.82, 2.24) is 4.31 Å². The Labute approximate surface area is 182 Å². The van der Waals surface area contributed by atoms with Gasteiger partial charge in [0.15, 0.2) is 6.61 Å². The smallest absolute Gasteiger partial charge is 0.340 e. The maximum Gasteiger partial charge on any atom is 0.340 e. The summed E-state index contributed by atoms with van der Waals surface area (Å²) in [5.41, 5.74) is 2.42. The Kier molecular flexibility index (Phi) is 7.63. The molecular formula is C21H25ClN2O5S. The Morgan fingerprint density at radius 3 is 2.43 bits per heavy atom. The highest BCUT2D eigenvalue weighted by atomic mass is 35.5. The van der Waals surface area contributed by atoms with Gasteiger partial charge in [0.1, 0.15) is 0 Å². The number of rotatable bonds is 7. The molecule has 0 unspecified atom stereocenters. The zero-order valence-corrected chi connectivity index (χ0v) is 19.1. The number of halogens is 1. The summed E-state index contributed by atoms with van der Waals surface area (Å²) < 4.78 is 30.6. The van der Waals surface area contributed by atoms with E-state index in [2.05, 4.69) is 5.32 Å². The van der Waals surface area contributed by atoms with Gasteiger partial charge in [-0.15, -0.1) is 0 Å². The van der Waals surface area contributed by atoms with Crippen molar-refractivity contribution in [2.75, 3.05) is 26.0 Å². The topological polar surface area (TPSA) is 92.8 Å². The van der Waals surface area contributed by atoms with Crippen molar-refractivity contribution in [3.05, 3.63) is 58.1 Å². The minimum atomic E-state index is -3.75. The van der Waals surface area contributed by atoms with Gasteiger partial charge in [0, 0.05) is 19.8 Å². The van der Waals surface area contributed by atoms with E-state index in [0.717, 1.165) is 21.5 Å². The lowest BCUT2D eigenvalue weighted by Crippen LogP contribution is -2.24. The second-order valence-corrected chi connectivity index (χ2v) is 9.81. The highest BCUT2D eigenvalue weighted by molar-refractivity contribution is 7.89. The van der Waals surface area contributed by atoms with E-state index in [1.165, 1.54) is 26.2 Å². The van der Waals surface area contributed by atoms with Gasteiger partial charge in [-0.2, -0.15) is 0 Å². The van der Waals surface area contributed by atoms with E-state index >= 15 is 0 Å². The van der Waals surface area contributed by atoms with Gasteiger partial charge >= 0.3 is 5.97 Å². The van der Waals surface area contributed by atoms with Crippen LogP contribution >= 0.6 is 11.6 Å². The van der Waals surface area contributed by atoms with E-state index in [9.17, 15) is 18.0 Å². The molecule has 0 saturated carbocycles. The van der Waals surface area contributed by atoms with Crippen molar-refractivity contribution in [3.63, 3.8) is 0 Å². The van der Waals surface area contributed by atoms with E-state index in [0.29, 0.717) is 5.69 Å². The average Bonchev–Trinajstić information content (AvgIpc) is 2.67. The van der Waals surface area contributed by atoms with Crippen molar-refractivity contribution in [2.45, 2.75) is 31.6 Å². The van der Waals surface area contributed by atoms with Crippen LogP contribution in [-0.4, -0.2) is 45.3 Å². The highest BCUT2D eigenvalue weighted by Gasteiger charge is 2.22. The number of anilines is 1. The second kappa shape index (κ2) is 9.59. The van der Waals surface area contributed by atoms with Gasteiger partial charge in [-0.05, 0) is 42.2 Å². The van der Waals surface area contributed by atoms with Crippen LogP contribution in [0.4, 0.5) is 5.69 Å². The summed E-state index contributed by atoms with van der Waals surface area (Å²) in [4.78, 5) is 24.7. The summed E-state index contributed by atoms with van der Waals surface area (Å²) in [5.74, 6) is -1.20. The second-order valence-electron chi connectivity index (χ2n) is 7.25. The minimum absolute atomic E-state index is 0.0270. The number of hydrogen-bond acceptors (Lipinski definition) is 5. The first kappa shape index (κ1) is 23.9.